The molecule has 1 nitrogen and oxygen atoms in total. The average Bonchev–Trinajstić information content (AvgIpc) is 2.36. The fraction of sp³-hybridized carbons (Fsp3) is 0.600. The zero-order valence-electron chi connectivity index (χ0n) is 7.15. The van der Waals surface area contributed by atoms with Crippen molar-refractivity contribution in [3.05, 3.63) is 23.8 Å². The van der Waals surface area contributed by atoms with Crippen molar-refractivity contribution in [1.29, 1.82) is 0 Å². The second kappa shape index (κ2) is 1.61. The first kappa shape index (κ1) is 7.11. The number of rotatable bonds is 0. The van der Waals surface area contributed by atoms with Crippen LogP contribution in [0.25, 0.3) is 0 Å². The summed E-state index contributed by atoms with van der Waals surface area (Å²) in [7, 11) is 0. The first-order chi connectivity index (χ1) is 4.97. The molecule has 0 aromatic heterocycles. The van der Waals surface area contributed by atoms with Gasteiger partial charge in [0.2, 0.25) is 0 Å². The van der Waals surface area contributed by atoms with Crippen molar-refractivity contribution in [2.45, 2.75) is 32.3 Å². The molecule has 0 spiro atoms. The van der Waals surface area contributed by atoms with E-state index >= 15 is 0 Å². The quantitative estimate of drug-likeness (QED) is 0.560. The van der Waals surface area contributed by atoms with E-state index in [0.29, 0.717) is 0 Å². The predicted molar refractivity (Wildman–Crippen MR) is 45.2 cm³/mol. The van der Waals surface area contributed by atoms with Crippen molar-refractivity contribution in [1.82, 2.24) is 0 Å². The lowest BCUT2D eigenvalue weighted by molar-refractivity contribution is -0.0224. The van der Waals surface area contributed by atoms with E-state index in [1.807, 2.05) is 0 Å². The average molecular weight is 150 g/mol. The number of hydrogen-bond donors (Lipinski definition) is 1. The van der Waals surface area contributed by atoms with Crippen LogP contribution in [0.3, 0.4) is 0 Å². The van der Waals surface area contributed by atoms with E-state index in [4.69, 9.17) is 0 Å². The first-order valence-corrected chi connectivity index (χ1v) is 4.08. The highest BCUT2D eigenvalue weighted by atomic mass is 16.3. The maximum absolute atomic E-state index is 10.1. The SMILES string of the molecule is C=C1C2=CCC(O)(C2)C1(C)C. The van der Waals surface area contributed by atoms with Crippen LogP contribution in [0.2, 0.25) is 0 Å². The van der Waals surface area contributed by atoms with Gasteiger partial charge in [-0.1, -0.05) is 26.5 Å². The third kappa shape index (κ3) is 0.603. The summed E-state index contributed by atoms with van der Waals surface area (Å²) in [4.78, 5) is 0. The summed E-state index contributed by atoms with van der Waals surface area (Å²) in [6.45, 7) is 8.16. The smallest absolute Gasteiger partial charge is 0.0812 e. The molecule has 0 radical (unpaired) electrons. The second-order valence-electron chi connectivity index (χ2n) is 4.25. The molecule has 1 fully saturated rings. The molecule has 0 heterocycles. The minimum absolute atomic E-state index is 0.100. The Kier molecular flexibility index (Phi) is 1.04. The number of hydrogen-bond acceptors (Lipinski definition) is 1. The Labute approximate surface area is 67.4 Å². The summed E-state index contributed by atoms with van der Waals surface area (Å²) in [5.41, 5.74) is 1.79. The minimum atomic E-state index is -0.514. The van der Waals surface area contributed by atoms with Crippen molar-refractivity contribution in [3.8, 4) is 0 Å². The van der Waals surface area contributed by atoms with Gasteiger partial charge in [-0.15, -0.1) is 0 Å². The van der Waals surface area contributed by atoms with E-state index < -0.39 is 5.60 Å². The van der Waals surface area contributed by atoms with Gasteiger partial charge in [0.25, 0.3) is 0 Å². The molecule has 0 saturated heterocycles. The van der Waals surface area contributed by atoms with E-state index in [2.05, 4.69) is 26.5 Å². The summed E-state index contributed by atoms with van der Waals surface area (Å²) >= 11 is 0. The van der Waals surface area contributed by atoms with Crippen molar-refractivity contribution in [2.24, 2.45) is 5.41 Å². The Morgan fingerprint density at radius 3 is 2.45 bits per heavy atom. The summed E-state index contributed by atoms with van der Waals surface area (Å²) in [5, 5.41) is 10.1. The maximum Gasteiger partial charge on any atom is 0.0812 e. The first-order valence-electron chi connectivity index (χ1n) is 4.08. The molecule has 1 atom stereocenters. The minimum Gasteiger partial charge on any atom is -0.388 e. The molecule has 1 unspecified atom stereocenters. The fourth-order valence-corrected chi connectivity index (χ4v) is 2.14. The zero-order chi connectivity index (χ0) is 8.28. The molecule has 1 saturated carbocycles. The predicted octanol–water partition coefficient (Wildman–Crippen LogP) is 2.03. The topological polar surface area (TPSA) is 20.2 Å². The number of fused-ring (bicyclic) bond motifs is 2. The molecule has 0 aromatic carbocycles. The summed E-state index contributed by atoms with van der Waals surface area (Å²) < 4.78 is 0. The highest BCUT2D eigenvalue weighted by Crippen LogP contribution is 2.57. The lowest BCUT2D eigenvalue weighted by Gasteiger charge is -2.36. The molecule has 11 heavy (non-hydrogen) atoms. The molecule has 2 rings (SSSR count). The Balaban J connectivity index is 2.54. The van der Waals surface area contributed by atoms with Crippen molar-refractivity contribution in [3.63, 3.8) is 0 Å². The van der Waals surface area contributed by atoms with Gasteiger partial charge in [0, 0.05) is 11.8 Å². The third-order valence-electron chi connectivity index (χ3n) is 3.47. The van der Waals surface area contributed by atoms with Crippen molar-refractivity contribution >= 4 is 0 Å². The van der Waals surface area contributed by atoms with E-state index in [-0.39, 0.29) is 5.41 Å². The van der Waals surface area contributed by atoms with E-state index in [0.717, 1.165) is 18.4 Å². The summed E-state index contributed by atoms with van der Waals surface area (Å²) in [6.07, 6.45) is 3.75. The van der Waals surface area contributed by atoms with Crippen LogP contribution in [0.4, 0.5) is 0 Å². The van der Waals surface area contributed by atoms with E-state index in [9.17, 15) is 5.11 Å². The van der Waals surface area contributed by atoms with Gasteiger partial charge in [-0.2, -0.15) is 0 Å². The van der Waals surface area contributed by atoms with Gasteiger partial charge in [-0.25, -0.2) is 0 Å². The maximum atomic E-state index is 10.1. The van der Waals surface area contributed by atoms with Gasteiger partial charge in [0.1, 0.15) is 0 Å². The molecule has 1 heteroatoms. The van der Waals surface area contributed by atoms with Crippen LogP contribution in [0, 0.1) is 5.41 Å². The molecule has 0 amide bonds. The van der Waals surface area contributed by atoms with Gasteiger partial charge < -0.3 is 5.11 Å². The Morgan fingerprint density at radius 2 is 2.18 bits per heavy atom. The van der Waals surface area contributed by atoms with Gasteiger partial charge >= 0.3 is 0 Å². The molecule has 60 valence electrons. The van der Waals surface area contributed by atoms with Crippen LogP contribution >= 0.6 is 0 Å². The van der Waals surface area contributed by atoms with Gasteiger partial charge in [-0.05, 0) is 17.6 Å². The molecule has 0 aromatic rings. The van der Waals surface area contributed by atoms with Gasteiger partial charge in [0.15, 0.2) is 0 Å². The molecule has 0 aliphatic heterocycles. The van der Waals surface area contributed by atoms with Crippen LogP contribution < -0.4 is 0 Å². The van der Waals surface area contributed by atoms with E-state index in [1.54, 1.807) is 0 Å². The fourth-order valence-electron chi connectivity index (χ4n) is 2.14. The van der Waals surface area contributed by atoms with Crippen molar-refractivity contribution < 1.29 is 5.11 Å². The molecule has 2 bridgehead atoms. The molecular formula is C10H14O. The number of aliphatic hydroxyl groups is 1. The molecular weight excluding hydrogens is 136 g/mol. The highest BCUT2D eigenvalue weighted by molar-refractivity contribution is 5.48. The Morgan fingerprint density at radius 1 is 1.55 bits per heavy atom. The van der Waals surface area contributed by atoms with Crippen molar-refractivity contribution in [2.75, 3.05) is 0 Å². The Bertz CT molecular complexity index is 260. The summed E-state index contributed by atoms with van der Waals surface area (Å²) in [6, 6.07) is 0. The largest absolute Gasteiger partial charge is 0.388 e. The van der Waals surface area contributed by atoms with Crippen LogP contribution in [-0.2, 0) is 0 Å². The lowest BCUT2D eigenvalue weighted by atomic mass is 9.73. The lowest BCUT2D eigenvalue weighted by Crippen LogP contribution is -2.39. The Hall–Kier alpha value is -0.560. The standard InChI is InChI=1S/C10H14O/c1-7-8-4-5-10(11,6-8)9(7,2)3/h4,11H,1,5-6H2,2-3H3. The van der Waals surface area contributed by atoms with Crippen LogP contribution in [0.15, 0.2) is 23.8 Å². The third-order valence-corrected chi connectivity index (χ3v) is 3.47. The molecule has 2 aliphatic rings. The van der Waals surface area contributed by atoms with Gasteiger partial charge in [0.05, 0.1) is 5.60 Å². The summed E-state index contributed by atoms with van der Waals surface area (Å²) in [5.74, 6) is 0. The van der Waals surface area contributed by atoms with Crippen LogP contribution in [-0.4, -0.2) is 10.7 Å². The molecule has 2 aliphatic carbocycles. The van der Waals surface area contributed by atoms with Crippen LogP contribution in [0.5, 0.6) is 0 Å². The van der Waals surface area contributed by atoms with E-state index in [1.165, 1.54) is 5.57 Å². The van der Waals surface area contributed by atoms with Crippen LogP contribution in [0.1, 0.15) is 26.7 Å². The molecule has 1 N–H and O–H groups in total. The zero-order valence-corrected chi connectivity index (χ0v) is 7.15. The normalized spacial score (nSPS) is 39.5. The highest BCUT2D eigenvalue weighted by Gasteiger charge is 2.54. The monoisotopic (exact) mass is 150 g/mol. The van der Waals surface area contributed by atoms with Gasteiger partial charge in [-0.3, -0.25) is 0 Å². The second-order valence-corrected chi connectivity index (χ2v) is 4.25.